The van der Waals surface area contributed by atoms with Crippen molar-refractivity contribution in [3.8, 4) is 0 Å². The summed E-state index contributed by atoms with van der Waals surface area (Å²) in [4.78, 5) is 33.0. The Hall–Kier alpha value is -1.39. The van der Waals surface area contributed by atoms with Gasteiger partial charge in [0.1, 0.15) is 0 Å². The van der Waals surface area contributed by atoms with Gasteiger partial charge in [0, 0.05) is 0 Å². The highest BCUT2D eigenvalue weighted by atomic mass is 16.6. The Morgan fingerprint density at radius 2 is 1.86 bits per heavy atom. The molecule has 0 aromatic carbocycles. The Morgan fingerprint density at radius 1 is 1.21 bits per heavy atom. The SMILES string of the molecule is O=C(O)C1CCC2C(=O)OC(=O)[C@@H]2C1. The van der Waals surface area contributed by atoms with Crippen LogP contribution in [0, 0.1) is 17.8 Å². The molecule has 1 saturated heterocycles. The Kier molecular flexibility index (Phi) is 2.02. The quantitative estimate of drug-likeness (QED) is 0.480. The van der Waals surface area contributed by atoms with Crippen LogP contribution in [0.3, 0.4) is 0 Å². The molecule has 0 bridgehead atoms. The molecule has 5 heteroatoms. The molecule has 5 nitrogen and oxygen atoms in total. The highest BCUT2D eigenvalue weighted by Gasteiger charge is 2.48. The second-order valence-electron chi connectivity index (χ2n) is 3.80. The van der Waals surface area contributed by atoms with Crippen molar-refractivity contribution in [1.29, 1.82) is 0 Å². The lowest BCUT2D eigenvalue weighted by Crippen LogP contribution is -2.30. The molecule has 0 aromatic rings. The maximum absolute atomic E-state index is 11.2. The molecule has 0 aromatic heterocycles. The molecule has 2 fully saturated rings. The smallest absolute Gasteiger partial charge is 0.317 e. The maximum Gasteiger partial charge on any atom is 0.317 e. The average Bonchev–Trinajstić information content (AvgIpc) is 2.42. The lowest BCUT2D eigenvalue weighted by molar-refractivity contribution is -0.153. The average molecular weight is 198 g/mol. The third-order valence-electron chi connectivity index (χ3n) is 3.01. The predicted molar refractivity (Wildman–Crippen MR) is 43.1 cm³/mol. The fraction of sp³-hybridized carbons (Fsp3) is 0.667. The number of aliphatic carboxylic acids is 1. The van der Waals surface area contributed by atoms with Gasteiger partial charge in [-0.1, -0.05) is 0 Å². The number of carbonyl (C=O) groups excluding carboxylic acids is 2. The zero-order valence-corrected chi connectivity index (χ0v) is 7.43. The number of carbonyl (C=O) groups is 3. The first-order valence-electron chi connectivity index (χ1n) is 4.58. The minimum absolute atomic E-state index is 0.241. The summed E-state index contributed by atoms with van der Waals surface area (Å²) < 4.78 is 4.47. The number of cyclic esters (lactones) is 2. The van der Waals surface area contributed by atoms with Crippen LogP contribution < -0.4 is 0 Å². The number of hydrogen-bond acceptors (Lipinski definition) is 4. The van der Waals surface area contributed by atoms with Crippen LogP contribution in [0.5, 0.6) is 0 Å². The molecular weight excluding hydrogens is 188 g/mol. The van der Waals surface area contributed by atoms with Crippen molar-refractivity contribution in [2.75, 3.05) is 0 Å². The third-order valence-corrected chi connectivity index (χ3v) is 3.01. The zero-order valence-electron chi connectivity index (χ0n) is 7.43. The van der Waals surface area contributed by atoms with E-state index in [0.29, 0.717) is 12.8 Å². The summed E-state index contributed by atoms with van der Waals surface area (Å²) in [7, 11) is 0. The minimum atomic E-state index is -0.893. The summed E-state index contributed by atoms with van der Waals surface area (Å²) in [5.41, 5.74) is 0. The Balaban J connectivity index is 2.13. The first-order valence-corrected chi connectivity index (χ1v) is 4.58. The minimum Gasteiger partial charge on any atom is -0.481 e. The Bertz CT molecular complexity index is 308. The van der Waals surface area contributed by atoms with Crippen LogP contribution >= 0.6 is 0 Å². The summed E-state index contributed by atoms with van der Waals surface area (Å²) in [6.45, 7) is 0. The van der Waals surface area contributed by atoms with E-state index in [9.17, 15) is 14.4 Å². The summed E-state index contributed by atoms with van der Waals surface area (Å²) in [6, 6.07) is 0. The van der Waals surface area contributed by atoms with E-state index in [4.69, 9.17) is 5.11 Å². The molecule has 1 aliphatic heterocycles. The van der Waals surface area contributed by atoms with E-state index in [0.717, 1.165) is 0 Å². The number of fused-ring (bicyclic) bond motifs is 1. The summed E-state index contributed by atoms with van der Waals surface area (Å²) in [6.07, 6.45) is 1.15. The second-order valence-corrected chi connectivity index (χ2v) is 3.80. The first-order chi connectivity index (χ1) is 6.59. The monoisotopic (exact) mass is 198 g/mol. The van der Waals surface area contributed by atoms with Gasteiger partial charge >= 0.3 is 17.9 Å². The number of ether oxygens (including phenoxy) is 1. The van der Waals surface area contributed by atoms with E-state index in [1.54, 1.807) is 0 Å². The lowest BCUT2D eigenvalue weighted by Gasteiger charge is -2.24. The summed E-state index contributed by atoms with van der Waals surface area (Å²) in [5.74, 6) is -3.34. The molecule has 1 N–H and O–H groups in total. The molecule has 0 amide bonds. The third kappa shape index (κ3) is 1.29. The van der Waals surface area contributed by atoms with Crippen LogP contribution in [-0.2, 0) is 19.1 Å². The molecule has 0 spiro atoms. The van der Waals surface area contributed by atoms with Gasteiger partial charge in [-0.2, -0.15) is 0 Å². The van der Waals surface area contributed by atoms with Crippen molar-refractivity contribution < 1.29 is 24.2 Å². The second kappa shape index (κ2) is 3.08. The van der Waals surface area contributed by atoms with Crippen molar-refractivity contribution in [2.45, 2.75) is 19.3 Å². The number of carboxylic acid groups (broad SMARTS) is 1. The van der Waals surface area contributed by atoms with Gasteiger partial charge < -0.3 is 9.84 Å². The normalized spacial score (nSPS) is 36.4. The van der Waals surface area contributed by atoms with Crippen LogP contribution in [0.4, 0.5) is 0 Å². The van der Waals surface area contributed by atoms with E-state index in [1.165, 1.54) is 0 Å². The molecule has 76 valence electrons. The highest BCUT2D eigenvalue weighted by Crippen LogP contribution is 2.39. The summed E-state index contributed by atoms with van der Waals surface area (Å²) in [5, 5.41) is 8.77. The van der Waals surface area contributed by atoms with E-state index < -0.39 is 35.7 Å². The molecular formula is C9H10O5. The standard InChI is InChI=1S/C9H10O5/c10-7(11)4-1-2-5-6(3-4)9(13)14-8(5)12/h4-6H,1-3H2,(H,10,11)/t4?,5?,6-/m1/s1. The van der Waals surface area contributed by atoms with Crippen LogP contribution in [0.15, 0.2) is 0 Å². The maximum atomic E-state index is 11.2. The fourth-order valence-corrected chi connectivity index (χ4v) is 2.19. The molecule has 1 heterocycles. The molecule has 1 aliphatic carbocycles. The lowest BCUT2D eigenvalue weighted by atomic mass is 9.75. The fourth-order valence-electron chi connectivity index (χ4n) is 2.19. The van der Waals surface area contributed by atoms with E-state index in [2.05, 4.69) is 4.74 Å². The van der Waals surface area contributed by atoms with Crippen molar-refractivity contribution in [1.82, 2.24) is 0 Å². The van der Waals surface area contributed by atoms with Crippen molar-refractivity contribution >= 4 is 17.9 Å². The predicted octanol–water partition coefficient (Wildman–Crippen LogP) is 0.187. The zero-order chi connectivity index (χ0) is 10.3. The van der Waals surface area contributed by atoms with Gasteiger partial charge in [0.05, 0.1) is 17.8 Å². The van der Waals surface area contributed by atoms with E-state index in [-0.39, 0.29) is 6.42 Å². The molecule has 14 heavy (non-hydrogen) atoms. The van der Waals surface area contributed by atoms with Crippen molar-refractivity contribution in [3.63, 3.8) is 0 Å². The van der Waals surface area contributed by atoms with Gasteiger partial charge in [-0.05, 0) is 19.3 Å². The van der Waals surface area contributed by atoms with Gasteiger partial charge in [-0.25, -0.2) is 0 Å². The first kappa shape index (κ1) is 9.18. The number of carboxylic acids is 1. The largest absolute Gasteiger partial charge is 0.481 e. The topological polar surface area (TPSA) is 80.7 Å². The van der Waals surface area contributed by atoms with Gasteiger partial charge in [-0.3, -0.25) is 14.4 Å². The van der Waals surface area contributed by atoms with Crippen LogP contribution in [-0.4, -0.2) is 23.0 Å². The number of hydrogen-bond donors (Lipinski definition) is 1. The highest BCUT2D eigenvalue weighted by molar-refractivity contribution is 5.96. The molecule has 1 saturated carbocycles. The molecule has 2 rings (SSSR count). The van der Waals surface area contributed by atoms with Gasteiger partial charge in [0.25, 0.3) is 0 Å². The summed E-state index contributed by atoms with van der Waals surface area (Å²) >= 11 is 0. The molecule has 2 unspecified atom stereocenters. The van der Waals surface area contributed by atoms with E-state index >= 15 is 0 Å². The van der Waals surface area contributed by atoms with E-state index in [1.807, 2.05) is 0 Å². The van der Waals surface area contributed by atoms with Crippen molar-refractivity contribution in [2.24, 2.45) is 17.8 Å². The van der Waals surface area contributed by atoms with Gasteiger partial charge in [0.15, 0.2) is 0 Å². The number of esters is 2. The molecule has 3 atom stereocenters. The van der Waals surface area contributed by atoms with Crippen LogP contribution in [0.2, 0.25) is 0 Å². The van der Waals surface area contributed by atoms with Crippen LogP contribution in [0.25, 0.3) is 0 Å². The van der Waals surface area contributed by atoms with Gasteiger partial charge in [0.2, 0.25) is 0 Å². The number of rotatable bonds is 1. The molecule has 2 aliphatic rings. The molecule has 0 radical (unpaired) electrons. The van der Waals surface area contributed by atoms with Crippen LogP contribution in [0.1, 0.15) is 19.3 Å². The van der Waals surface area contributed by atoms with Crippen molar-refractivity contribution in [3.05, 3.63) is 0 Å². The Labute approximate surface area is 80.0 Å². The van der Waals surface area contributed by atoms with Gasteiger partial charge in [-0.15, -0.1) is 0 Å². The Morgan fingerprint density at radius 3 is 2.50 bits per heavy atom.